The number of hydrogen-bond donors (Lipinski definition) is 1. The largest absolute Gasteiger partial charge is 0.482 e. The van der Waals surface area contributed by atoms with Crippen LogP contribution in [0.4, 0.5) is 5.13 Å². The van der Waals surface area contributed by atoms with E-state index in [1.54, 1.807) is 12.1 Å². The second-order valence-electron chi connectivity index (χ2n) is 5.92. The molecule has 0 unspecified atom stereocenters. The highest BCUT2D eigenvalue weighted by Gasteiger charge is 2.13. The Morgan fingerprint density at radius 2 is 1.93 bits per heavy atom. The molecule has 1 N–H and O–H groups in total. The van der Waals surface area contributed by atoms with Crippen molar-refractivity contribution in [2.24, 2.45) is 0 Å². The van der Waals surface area contributed by atoms with Crippen molar-refractivity contribution in [1.29, 1.82) is 0 Å². The SMILES string of the molecule is O=C(CSc1nnc(COc2ccccc2Cl)o1)Nc1nc(-c2ccccc2)cs1. The summed E-state index contributed by atoms with van der Waals surface area (Å²) in [6, 6.07) is 16.9. The topological polar surface area (TPSA) is 90.1 Å². The van der Waals surface area contributed by atoms with Crippen LogP contribution in [0.2, 0.25) is 5.02 Å². The fraction of sp³-hybridized carbons (Fsp3) is 0.100. The standard InChI is InChI=1S/C20H15ClN4O3S2/c21-14-8-4-5-9-16(14)27-10-18-24-25-20(28-18)30-12-17(26)23-19-22-15(11-29-19)13-6-2-1-3-7-13/h1-9,11H,10,12H2,(H,22,23,26). The number of amides is 1. The van der Waals surface area contributed by atoms with Gasteiger partial charge in [-0.2, -0.15) is 0 Å². The van der Waals surface area contributed by atoms with Gasteiger partial charge in [-0.05, 0) is 12.1 Å². The third kappa shape index (κ3) is 5.38. The van der Waals surface area contributed by atoms with Crippen molar-refractivity contribution in [3.8, 4) is 17.0 Å². The Kier molecular flexibility index (Phi) is 6.63. The summed E-state index contributed by atoms with van der Waals surface area (Å²) < 4.78 is 11.0. The Balaban J connectivity index is 1.26. The van der Waals surface area contributed by atoms with Gasteiger partial charge in [0, 0.05) is 10.9 Å². The van der Waals surface area contributed by atoms with E-state index in [4.69, 9.17) is 20.8 Å². The number of benzene rings is 2. The fourth-order valence-corrected chi connectivity index (χ4v) is 3.92. The number of halogens is 1. The zero-order valence-corrected chi connectivity index (χ0v) is 17.8. The van der Waals surface area contributed by atoms with Crippen LogP contribution in [0.5, 0.6) is 5.75 Å². The van der Waals surface area contributed by atoms with Crippen LogP contribution in [0.25, 0.3) is 11.3 Å². The highest BCUT2D eigenvalue weighted by Crippen LogP contribution is 2.26. The van der Waals surface area contributed by atoms with Crippen LogP contribution in [0, 0.1) is 0 Å². The van der Waals surface area contributed by atoms with Gasteiger partial charge in [0.25, 0.3) is 11.1 Å². The number of carbonyl (C=O) groups is 1. The summed E-state index contributed by atoms with van der Waals surface area (Å²) in [4.78, 5) is 16.6. The second kappa shape index (κ2) is 9.75. The molecule has 0 spiro atoms. The molecule has 2 aromatic carbocycles. The van der Waals surface area contributed by atoms with Crippen molar-refractivity contribution in [2.75, 3.05) is 11.1 Å². The lowest BCUT2D eigenvalue weighted by atomic mass is 10.2. The molecule has 2 heterocycles. The number of rotatable bonds is 8. The first-order valence-corrected chi connectivity index (χ1v) is 11.0. The number of carbonyl (C=O) groups excluding carboxylic acids is 1. The number of thioether (sulfide) groups is 1. The summed E-state index contributed by atoms with van der Waals surface area (Å²) in [6.07, 6.45) is 0. The van der Waals surface area contributed by atoms with Crippen LogP contribution in [-0.2, 0) is 11.4 Å². The van der Waals surface area contributed by atoms with Crippen LogP contribution < -0.4 is 10.1 Å². The van der Waals surface area contributed by atoms with Crippen LogP contribution in [0.1, 0.15) is 5.89 Å². The van der Waals surface area contributed by atoms with E-state index in [2.05, 4.69) is 20.5 Å². The average Bonchev–Trinajstić information content (AvgIpc) is 3.42. The van der Waals surface area contributed by atoms with E-state index in [-0.39, 0.29) is 23.5 Å². The number of ether oxygens (including phenoxy) is 1. The summed E-state index contributed by atoms with van der Waals surface area (Å²) in [7, 11) is 0. The van der Waals surface area contributed by atoms with Crippen molar-refractivity contribution >= 4 is 45.7 Å². The van der Waals surface area contributed by atoms with E-state index < -0.39 is 0 Å². The third-order valence-corrected chi connectivity index (χ3v) is 5.67. The molecule has 10 heteroatoms. The summed E-state index contributed by atoms with van der Waals surface area (Å²) in [5.41, 5.74) is 1.82. The van der Waals surface area contributed by atoms with Gasteiger partial charge in [0.1, 0.15) is 5.75 Å². The Bertz CT molecular complexity index is 1130. The Hall–Kier alpha value is -2.88. The number of aromatic nitrogens is 3. The van der Waals surface area contributed by atoms with Gasteiger partial charge in [-0.1, -0.05) is 65.8 Å². The van der Waals surface area contributed by atoms with Gasteiger partial charge < -0.3 is 14.5 Å². The van der Waals surface area contributed by atoms with Gasteiger partial charge in [0.15, 0.2) is 11.7 Å². The zero-order valence-electron chi connectivity index (χ0n) is 15.4. The van der Waals surface area contributed by atoms with Gasteiger partial charge in [0.2, 0.25) is 5.91 Å². The van der Waals surface area contributed by atoms with Crippen molar-refractivity contribution < 1.29 is 13.9 Å². The number of nitrogens with one attached hydrogen (secondary N) is 1. The highest BCUT2D eigenvalue weighted by atomic mass is 35.5. The third-order valence-electron chi connectivity index (χ3n) is 3.78. The number of thiazole rings is 1. The number of hydrogen-bond acceptors (Lipinski definition) is 8. The summed E-state index contributed by atoms with van der Waals surface area (Å²) in [5.74, 6) is 0.739. The minimum Gasteiger partial charge on any atom is -0.482 e. The maximum Gasteiger partial charge on any atom is 0.277 e. The average molecular weight is 459 g/mol. The molecule has 30 heavy (non-hydrogen) atoms. The quantitative estimate of drug-likeness (QED) is 0.365. The predicted molar refractivity (Wildman–Crippen MR) is 117 cm³/mol. The molecule has 7 nitrogen and oxygen atoms in total. The van der Waals surface area contributed by atoms with Crippen LogP contribution in [0.3, 0.4) is 0 Å². The molecule has 0 saturated heterocycles. The molecule has 4 rings (SSSR count). The number of anilines is 1. The maximum atomic E-state index is 12.2. The fourth-order valence-electron chi connectivity index (χ4n) is 2.41. The summed E-state index contributed by atoms with van der Waals surface area (Å²) in [5, 5.41) is 13.8. The molecular weight excluding hydrogens is 444 g/mol. The first kappa shape index (κ1) is 20.4. The predicted octanol–water partition coefficient (Wildman–Crippen LogP) is 5.16. The molecule has 1 amide bonds. The van der Waals surface area contributed by atoms with Gasteiger partial charge >= 0.3 is 0 Å². The number of nitrogens with zero attached hydrogens (tertiary/aromatic N) is 3. The van der Waals surface area contributed by atoms with E-state index in [9.17, 15) is 4.79 Å². The maximum absolute atomic E-state index is 12.2. The van der Waals surface area contributed by atoms with Crippen LogP contribution in [0.15, 0.2) is 69.6 Å². The first-order valence-electron chi connectivity index (χ1n) is 8.81. The van der Waals surface area contributed by atoms with Gasteiger partial charge in [-0.15, -0.1) is 21.5 Å². The van der Waals surface area contributed by atoms with Crippen molar-refractivity contribution in [3.63, 3.8) is 0 Å². The van der Waals surface area contributed by atoms with Gasteiger partial charge in [0.05, 0.1) is 16.5 Å². The molecule has 0 fully saturated rings. The van der Waals surface area contributed by atoms with Gasteiger partial charge in [-0.3, -0.25) is 4.79 Å². The lowest BCUT2D eigenvalue weighted by Gasteiger charge is -2.04. The highest BCUT2D eigenvalue weighted by molar-refractivity contribution is 7.99. The molecular formula is C20H15ClN4O3S2. The Labute approximate surface area is 185 Å². The first-order chi connectivity index (χ1) is 14.7. The molecule has 152 valence electrons. The van der Waals surface area contributed by atoms with Crippen LogP contribution >= 0.6 is 34.7 Å². The molecule has 0 aliphatic rings. The molecule has 4 aromatic rings. The summed E-state index contributed by atoms with van der Waals surface area (Å²) in [6.45, 7) is 0.0882. The Morgan fingerprint density at radius 1 is 1.13 bits per heavy atom. The van der Waals surface area contributed by atoms with E-state index in [1.807, 2.05) is 47.8 Å². The molecule has 0 aliphatic carbocycles. The lowest BCUT2D eigenvalue weighted by Crippen LogP contribution is -2.13. The van der Waals surface area contributed by atoms with Crippen LogP contribution in [-0.4, -0.2) is 26.8 Å². The summed E-state index contributed by atoms with van der Waals surface area (Å²) >= 11 is 8.55. The molecule has 0 atom stereocenters. The zero-order chi connectivity index (χ0) is 20.8. The van der Waals surface area contributed by atoms with Crippen molar-refractivity contribution in [1.82, 2.24) is 15.2 Å². The monoisotopic (exact) mass is 458 g/mol. The minimum absolute atomic E-state index is 0.0882. The lowest BCUT2D eigenvalue weighted by molar-refractivity contribution is -0.113. The smallest absolute Gasteiger partial charge is 0.277 e. The van der Waals surface area contributed by atoms with E-state index in [0.29, 0.717) is 21.8 Å². The van der Waals surface area contributed by atoms with Crippen molar-refractivity contribution in [2.45, 2.75) is 11.8 Å². The van der Waals surface area contributed by atoms with E-state index >= 15 is 0 Å². The van der Waals surface area contributed by atoms with Crippen molar-refractivity contribution in [3.05, 3.63) is 70.9 Å². The molecule has 0 radical (unpaired) electrons. The Morgan fingerprint density at radius 3 is 2.77 bits per heavy atom. The van der Waals surface area contributed by atoms with E-state index in [0.717, 1.165) is 23.0 Å². The normalized spacial score (nSPS) is 10.7. The van der Waals surface area contributed by atoms with E-state index in [1.165, 1.54) is 11.3 Å². The second-order valence-corrected chi connectivity index (χ2v) is 8.11. The molecule has 0 bridgehead atoms. The number of para-hydroxylation sites is 1. The minimum atomic E-state index is -0.207. The molecule has 2 aromatic heterocycles. The van der Waals surface area contributed by atoms with Gasteiger partial charge in [-0.25, -0.2) is 4.98 Å². The molecule has 0 aliphatic heterocycles. The molecule has 0 saturated carbocycles.